The smallest absolute Gasteiger partial charge is 0.0534 e. The first-order valence-corrected chi connectivity index (χ1v) is 7.57. The lowest BCUT2D eigenvalue weighted by atomic mass is 9.84. The quantitative estimate of drug-likeness (QED) is 0.782. The SMILES string of the molecule is CCCNCc1cnn(C2CCCC(CC)C2)c1. The number of nitrogens with zero attached hydrogens (tertiary/aromatic N) is 2. The van der Waals surface area contributed by atoms with Crippen molar-refractivity contribution >= 4 is 0 Å². The first kappa shape index (κ1) is 13.6. The molecule has 1 aromatic heterocycles. The summed E-state index contributed by atoms with van der Waals surface area (Å²) >= 11 is 0. The van der Waals surface area contributed by atoms with Crippen molar-refractivity contribution in [1.82, 2.24) is 15.1 Å². The van der Waals surface area contributed by atoms with Crippen LogP contribution < -0.4 is 5.32 Å². The largest absolute Gasteiger partial charge is 0.313 e. The van der Waals surface area contributed by atoms with Gasteiger partial charge < -0.3 is 5.32 Å². The van der Waals surface area contributed by atoms with Crippen LogP contribution in [0.2, 0.25) is 0 Å². The highest BCUT2D eigenvalue weighted by Crippen LogP contribution is 2.33. The molecule has 0 aromatic carbocycles. The second kappa shape index (κ2) is 6.93. The Kier molecular flexibility index (Phi) is 5.24. The van der Waals surface area contributed by atoms with Gasteiger partial charge in [-0.2, -0.15) is 5.10 Å². The maximum Gasteiger partial charge on any atom is 0.0534 e. The Labute approximate surface area is 111 Å². The fourth-order valence-electron chi connectivity index (χ4n) is 2.95. The van der Waals surface area contributed by atoms with E-state index in [1.54, 1.807) is 0 Å². The zero-order valence-corrected chi connectivity index (χ0v) is 11.9. The highest BCUT2D eigenvalue weighted by molar-refractivity contribution is 5.04. The lowest BCUT2D eigenvalue weighted by molar-refractivity contribution is 0.247. The fraction of sp³-hybridized carbons (Fsp3) is 0.800. The van der Waals surface area contributed by atoms with Crippen LogP contribution in [0.3, 0.4) is 0 Å². The van der Waals surface area contributed by atoms with Crippen LogP contribution in [-0.4, -0.2) is 16.3 Å². The van der Waals surface area contributed by atoms with Gasteiger partial charge in [0.1, 0.15) is 0 Å². The van der Waals surface area contributed by atoms with Crippen molar-refractivity contribution in [3.05, 3.63) is 18.0 Å². The molecule has 2 rings (SSSR count). The van der Waals surface area contributed by atoms with Gasteiger partial charge >= 0.3 is 0 Å². The summed E-state index contributed by atoms with van der Waals surface area (Å²) in [5, 5.41) is 8.00. The molecule has 1 saturated carbocycles. The summed E-state index contributed by atoms with van der Waals surface area (Å²) in [4.78, 5) is 0. The van der Waals surface area contributed by atoms with Gasteiger partial charge in [-0.1, -0.05) is 33.1 Å². The number of aromatic nitrogens is 2. The van der Waals surface area contributed by atoms with Crippen LogP contribution in [0.1, 0.15) is 64.0 Å². The van der Waals surface area contributed by atoms with Crippen molar-refractivity contribution in [3.63, 3.8) is 0 Å². The summed E-state index contributed by atoms with van der Waals surface area (Å²) in [6.07, 6.45) is 12.2. The van der Waals surface area contributed by atoms with Crippen molar-refractivity contribution in [2.75, 3.05) is 6.54 Å². The van der Waals surface area contributed by atoms with Crippen molar-refractivity contribution < 1.29 is 0 Å². The van der Waals surface area contributed by atoms with E-state index in [4.69, 9.17) is 0 Å². The van der Waals surface area contributed by atoms with Crippen molar-refractivity contribution in [2.45, 2.75) is 65.0 Å². The van der Waals surface area contributed by atoms with Crippen LogP contribution in [0.5, 0.6) is 0 Å². The summed E-state index contributed by atoms with van der Waals surface area (Å²) in [5.74, 6) is 0.912. The molecule has 3 nitrogen and oxygen atoms in total. The van der Waals surface area contributed by atoms with E-state index >= 15 is 0 Å². The minimum absolute atomic E-state index is 0.642. The van der Waals surface area contributed by atoms with Crippen molar-refractivity contribution in [1.29, 1.82) is 0 Å². The molecule has 0 bridgehead atoms. The van der Waals surface area contributed by atoms with Gasteiger partial charge in [-0.3, -0.25) is 4.68 Å². The molecular formula is C15H27N3. The average Bonchev–Trinajstić information content (AvgIpc) is 2.88. The third kappa shape index (κ3) is 3.58. The topological polar surface area (TPSA) is 29.9 Å². The highest BCUT2D eigenvalue weighted by atomic mass is 15.3. The van der Waals surface area contributed by atoms with Gasteiger partial charge in [-0.15, -0.1) is 0 Å². The molecule has 1 fully saturated rings. The van der Waals surface area contributed by atoms with E-state index in [1.807, 2.05) is 6.20 Å². The number of hydrogen-bond donors (Lipinski definition) is 1. The minimum atomic E-state index is 0.642. The molecule has 1 aliphatic carbocycles. The van der Waals surface area contributed by atoms with E-state index < -0.39 is 0 Å². The van der Waals surface area contributed by atoms with Crippen LogP contribution in [-0.2, 0) is 6.54 Å². The van der Waals surface area contributed by atoms with Crippen LogP contribution in [0.15, 0.2) is 12.4 Å². The third-order valence-corrected chi connectivity index (χ3v) is 4.12. The molecule has 0 saturated heterocycles. The van der Waals surface area contributed by atoms with Gasteiger partial charge in [0.2, 0.25) is 0 Å². The first-order chi connectivity index (χ1) is 8.83. The van der Waals surface area contributed by atoms with Gasteiger partial charge in [-0.25, -0.2) is 0 Å². The molecule has 18 heavy (non-hydrogen) atoms. The summed E-state index contributed by atoms with van der Waals surface area (Å²) in [5.41, 5.74) is 1.32. The Bertz CT molecular complexity index is 345. The predicted molar refractivity (Wildman–Crippen MR) is 75.5 cm³/mol. The molecule has 0 spiro atoms. The highest BCUT2D eigenvalue weighted by Gasteiger charge is 2.22. The van der Waals surface area contributed by atoms with Crippen LogP contribution in [0.25, 0.3) is 0 Å². The summed E-state index contributed by atoms with van der Waals surface area (Å²) < 4.78 is 2.21. The van der Waals surface area contributed by atoms with Crippen molar-refractivity contribution in [2.24, 2.45) is 5.92 Å². The molecule has 0 radical (unpaired) electrons. The predicted octanol–water partition coefficient (Wildman–Crippen LogP) is 3.52. The molecule has 0 aliphatic heterocycles. The molecule has 1 heterocycles. The lowest BCUT2D eigenvalue weighted by Gasteiger charge is -2.28. The van der Waals surface area contributed by atoms with Crippen LogP contribution >= 0.6 is 0 Å². The van der Waals surface area contributed by atoms with Gasteiger partial charge in [0.15, 0.2) is 0 Å². The molecule has 2 atom stereocenters. The summed E-state index contributed by atoms with van der Waals surface area (Å²) in [7, 11) is 0. The van der Waals surface area contributed by atoms with Crippen LogP contribution in [0, 0.1) is 5.92 Å². The molecule has 1 aromatic rings. The molecule has 0 amide bonds. The summed E-state index contributed by atoms with van der Waals surface area (Å²) in [6.45, 7) is 6.56. The molecular weight excluding hydrogens is 222 g/mol. The van der Waals surface area contributed by atoms with E-state index in [-0.39, 0.29) is 0 Å². The van der Waals surface area contributed by atoms with E-state index in [1.165, 1.54) is 44.1 Å². The maximum atomic E-state index is 4.56. The lowest BCUT2D eigenvalue weighted by Crippen LogP contribution is -2.19. The van der Waals surface area contributed by atoms with E-state index in [9.17, 15) is 0 Å². The normalized spacial score (nSPS) is 24.3. The Balaban J connectivity index is 1.88. The van der Waals surface area contributed by atoms with Gasteiger partial charge in [-0.05, 0) is 31.7 Å². The fourth-order valence-corrected chi connectivity index (χ4v) is 2.95. The minimum Gasteiger partial charge on any atom is -0.313 e. The molecule has 1 aliphatic rings. The summed E-state index contributed by atoms with van der Waals surface area (Å²) in [6, 6.07) is 0.642. The second-order valence-corrected chi connectivity index (χ2v) is 5.60. The van der Waals surface area contributed by atoms with Gasteiger partial charge in [0, 0.05) is 18.3 Å². The molecule has 3 heteroatoms. The Morgan fingerprint density at radius 3 is 3.06 bits per heavy atom. The van der Waals surface area contributed by atoms with E-state index in [0.717, 1.165) is 19.0 Å². The standard InChI is InChI=1S/C15H27N3/c1-3-8-16-10-14-11-17-18(12-14)15-7-5-6-13(4-2)9-15/h11-13,15-16H,3-10H2,1-2H3. The number of nitrogens with one attached hydrogen (secondary N) is 1. The van der Waals surface area contributed by atoms with E-state index in [0.29, 0.717) is 6.04 Å². The van der Waals surface area contributed by atoms with Gasteiger partial charge in [0.25, 0.3) is 0 Å². The second-order valence-electron chi connectivity index (χ2n) is 5.60. The van der Waals surface area contributed by atoms with Crippen LogP contribution in [0.4, 0.5) is 0 Å². The molecule has 2 unspecified atom stereocenters. The average molecular weight is 249 g/mol. The van der Waals surface area contributed by atoms with Gasteiger partial charge in [0.05, 0.1) is 12.2 Å². The molecule has 1 N–H and O–H groups in total. The Hall–Kier alpha value is -0.830. The Morgan fingerprint density at radius 1 is 1.39 bits per heavy atom. The zero-order valence-electron chi connectivity index (χ0n) is 11.9. The first-order valence-electron chi connectivity index (χ1n) is 7.57. The zero-order chi connectivity index (χ0) is 12.8. The third-order valence-electron chi connectivity index (χ3n) is 4.12. The monoisotopic (exact) mass is 249 g/mol. The van der Waals surface area contributed by atoms with Crippen molar-refractivity contribution in [3.8, 4) is 0 Å². The maximum absolute atomic E-state index is 4.56. The number of hydrogen-bond acceptors (Lipinski definition) is 2. The molecule has 102 valence electrons. The van der Waals surface area contributed by atoms with E-state index in [2.05, 4.69) is 35.1 Å². The Morgan fingerprint density at radius 2 is 2.28 bits per heavy atom. The number of rotatable bonds is 6.